The fraction of sp³-hybridized carbons (Fsp3) is 0.462. The van der Waals surface area contributed by atoms with E-state index in [1.807, 2.05) is 25.1 Å². The number of benzene rings is 1. The van der Waals surface area contributed by atoms with E-state index in [1.54, 1.807) is 0 Å². The highest BCUT2D eigenvalue weighted by atomic mass is 16.5. The van der Waals surface area contributed by atoms with Gasteiger partial charge in [-0.05, 0) is 18.9 Å². The molecule has 2 nitrogen and oxygen atoms in total. The van der Waals surface area contributed by atoms with E-state index in [4.69, 9.17) is 4.74 Å². The van der Waals surface area contributed by atoms with Crippen molar-refractivity contribution in [2.24, 2.45) is 5.92 Å². The van der Waals surface area contributed by atoms with Crippen LogP contribution in [-0.2, 0) is 16.0 Å². The van der Waals surface area contributed by atoms with Gasteiger partial charge in [0.25, 0.3) is 0 Å². The Morgan fingerprint density at radius 1 is 1.33 bits per heavy atom. The Kier molecular flexibility index (Phi) is 3.17. The van der Waals surface area contributed by atoms with E-state index in [-0.39, 0.29) is 12.0 Å². The molecule has 1 aliphatic rings. The van der Waals surface area contributed by atoms with Crippen LogP contribution in [0.3, 0.4) is 0 Å². The van der Waals surface area contributed by atoms with Gasteiger partial charge in [-0.1, -0.05) is 30.3 Å². The molecular weight excluding hydrogens is 188 g/mol. The minimum absolute atomic E-state index is 0.0901. The van der Waals surface area contributed by atoms with E-state index in [2.05, 4.69) is 12.1 Å². The van der Waals surface area contributed by atoms with Crippen LogP contribution in [0, 0.1) is 5.92 Å². The number of carbonyl (C=O) groups is 1. The molecule has 2 rings (SSSR count). The largest absolute Gasteiger partial charge is 0.377 e. The highest BCUT2D eigenvalue weighted by Crippen LogP contribution is 2.29. The third-order valence-corrected chi connectivity index (χ3v) is 2.94. The number of hydrogen-bond acceptors (Lipinski definition) is 2. The summed E-state index contributed by atoms with van der Waals surface area (Å²) in [5, 5.41) is 0. The van der Waals surface area contributed by atoms with Crippen LogP contribution >= 0.6 is 0 Å². The summed E-state index contributed by atoms with van der Waals surface area (Å²) in [7, 11) is 0. The average Bonchev–Trinajstić information content (AvgIpc) is 2.27. The van der Waals surface area contributed by atoms with Gasteiger partial charge in [0.1, 0.15) is 5.78 Å². The van der Waals surface area contributed by atoms with Crippen molar-refractivity contribution < 1.29 is 9.53 Å². The quantitative estimate of drug-likeness (QED) is 0.751. The van der Waals surface area contributed by atoms with Gasteiger partial charge in [0.15, 0.2) is 0 Å². The smallest absolute Gasteiger partial charge is 0.141 e. The van der Waals surface area contributed by atoms with Gasteiger partial charge < -0.3 is 4.74 Å². The Balaban J connectivity index is 1.96. The molecule has 0 aliphatic heterocycles. The summed E-state index contributed by atoms with van der Waals surface area (Å²) in [6.07, 6.45) is 1.58. The molecule has 0 radical (unpaired) electrons. The maximum absolute atomic E-state index is 11.4. The van der Waals surface area contributed by atoms with Crippen LogP contribution in [0.25, 0.3) is 0 Å². The summed E-state index contributed by atoms with van der Waals surface area (Å²) in [5.41, 5.74) is 1.22. The third-order valence-electron chi connectivity index (χ3n) is 2.94. The summed E-state index contributed by atoms with van der Waals surface area (Å²) in [5.74, 6) is 0.435. The number of ether oxygens (including phenoxy) is 1. The fourth-order valence-corrected chi connectivity index (χ4v) is 2.04. The number of hydrogen-bond donors (Lipinski definition) is 0. The Morgan fingerprint density at radius 2 is 2.07 bits per heavy atom. The van der Waals surface area contributed by atoms with Crippen molar-refractivity contribution in [3.63, 3.8) is 0 Å². The summed E-state index contributed by atoms with van der Waals surface area (Å²) in [6.45, 7) is 2.67. The van der Waals surface area contributed by atoms with Crippen LogP contribution in [0.1, 0.15) is 18.9 Å². The van der Waals surface area contributed by atoms with Crippen LogP contribution in [0.2, 0.25) is 0 Å². The van der Waals surface area contributed by atoms with Crippen LogP contribution in [0.4, 0.5) is 0 Å². The molecular formula is C13H16O2. The zero-order valence-corrected chi connectivity index (χ0v) is 8.98. The minimum atomic E-state index is 0.0901. The number of rotatable bonds is 4. The highest BCUT2D eigenvalue weighted by Gasteiger charge is 2.39. The number of carbonyl (C=O) groups excluding carboxylic acids is 1. The molecule has 2 atom stereocenters. The van der Waals surface area contributed by atoms with Crippen molar-refractivity contribution in [3.8, 4) is 0 Å². The lowest BCUT2D eigenvalue weighted by atomic mass is 9.76. The zero-order chi connectivity index (χ0) is 10.7. The van der Waals surface area contributed by atoms with Gasteiger partial charge in [-0.25, -0.2) is 0 Å². The molecule has 1 aliphatic carbocycles. The Hall–Kier alpha value is -1.15. The van der Waals surface area contributed by atoms with Gasteiger partial charge in [0.05, 0.1) is 6.10 Å². The molecule has 0 amide bonds. The second-order valence-electron chi connectivity index (χ2n) is 3.96. The first-order valence-electron chi connectivity index (χ1n) is 5.49. The van der Waals surface area contributed by atoms with E-state index < -0.39 is 0 Å². The third kappa shape index (κ3) is 2.26. The molecule has 15 heavy (non-hydrogen) atoms. The second kappa shape index (κ2) is 4.58. The van der Waals surface area contributed by atoms with Gasteiger partial charge in [0.2, 0.25) is 0 Å². The van der Waals surface area contributed by atoms with Gasteiger partial charge in [-0.2, -0.15) is 0 Å². The van der Waals surface area contributed by atoms with Gasteiger partial charge in [0, 0.05) is 18.9 Å². The van der Waals surface area contributed by atoms with Gasteiger partial charge >= 0.3 is 0 Å². The molecule has 1 saturated carbocycles. The molecule has 0 aromatic heterocycles. The lowest BCUT2D eigenvalue weighted by Crippen LogP contribution is -2.44. The minimum Gasteiger partial charge on any atom is -0.377 e. The van der Waals surface area contributed by atoms with Crippen molar-refractivity contribution in [1.82, 2.24) is 0 Å². The monoisotopic (exact) mass is 204 g/mol. The molecule has 1 fully saturated rings. The molecule has 2 heteroatoms. The summed E-state index contributed by atoms with van der Waals surface area (Å²) in [4.78, 5) is 11.4. The van der Waals surface area contributed by atoms with Crippen molar-refractivity contribution in [3.05, 3.63) is 35.9 Å². The Labute approximate surface area is 90.3 Å². The first-order chi connectivity index (χ1) is 7.31. The first kappa shape index (κ1) is 10.4. The second-order valence-corrected chi connectivity index (χ2v) is 3.96. The molecule has 0 spiro atoms. The molecule has 0 N–H and O–H groups in total. The highest BCUT2D eigenvalue weighted by molar-refractivity contribution is 5.88. The van der Waals surface area contributed by atoms with Crippen molar-refractivity contribution in [2.45, 2.75) is 25.9 Å². The van der Waals surface area contributed by atoms with E-state index >= 15 is 0 Å². The van der Waals surface area contributed by atoms with Crippen LogP contribution in [0.15, 0.2) is 30.3 Å². The summed E-state index contributed by atoms with van der Waals surface area (Å²) >= 11 is 0. The topological polar surface area (TPSA) is 26.3 Å². The summed E-state index contributed by atoms with van der Waals surface area (Å²) in [6, 6.07) is 10.1. The van der Waals surface area contributed by atoms with Crippen LogP contribution in [0.5, 0.6) is 0 Å². The molecule has 80 valence electrons. The van der Waals surface area contributed by atoms with Crippen molar-refractivity contribution in [2.75, 3.05) is 6.61 Å². The molecule has 1 aromatic carbocycles. The summed E-state index contributed by atoms with van der Waals surface area (Å²) < 4.78 is 5.51. The van der Waals surface area contributed by atoms with Gasteiger partial charge in [-0.3, -0.25) is 4.79 Å². The number of Topliss-reactive ketones (excluding diaryl/α,β-unsaturated/α-hetero) is 1. The molecule has 0 unspecified atom stereocenters. The Bertz CT molecular complexity index is 332. The van der Waals surface area contributed by atoms with E-state index in [0.717, 1.165) is 6.42 Å². The van der Waals surface area contributed by atoms with Crippen LogP contribution in [-0.4, -0.2) is 18.5 Å². The predicted molar refractivity (Wildman–Crippen MR) is 58.7 cm³/mol. The molecule has 1 aromatic rings. The maximum atomic E-state index is 11.4. The maximum Gasteiger partial charge on any atom is 0.141 e. The first-order valence-corrected chi connectivity index (χ1v) is 5.49. The molecule has 0 heterocycles. The zero-order valence-electron chi connectivity index (χ0n) is 8.98. The Morgan fingerprint density at radius 3 is 2.67 bits per heavy atom. The normalized spacial score (nSPS) is 25.0. The fourth-order valence-electron chi connectivity index (χ4n) is 2.04. The average molecular weight is 204 g/mol. The lowest BCUT2D eigenvalue weighted by molar-refractivity contribution is -0.144. The molecule has 0 saturated heterocycles. The standard InChI is InChI=1S/C13H16O2/c1-2-15-13-9-12(14)11(13)8-10-6-4-3-5-7-10/h3-7,11,13H,2,8-9H2,1H3/t11-,13+/m1/s1. The van der Waals surface area contributed by atoms with E-state index in [9.17, 15) is 4.79 Å². The lowest BCUT2D eigenvalue weighted by Gasteiger charge is -2.34. The van der Waals surface area contributed by atoms with E-state index in [1.165, 1.54) is 5.56 Å². The van der Waals surface area contributed by atoms with Crippen LogP contribution < -0.4 is 0 Å². The number of ketones is 1. The van der Waals surface area contributed by atoms with E-state index in [0.29, 0.717) is 18.8 Å². The molecule has 0 bridgehead atoms. The predicted octanol–water partition coefficient (Wildman–Crippen LogP) is 2.22. The van der Waals surface area contributed by atoms with Gasteiger partial charge in [-0.15, -0.1) is 0 Å². The van der Waals surface area contributed by atoms with Crippen molar-refractivity contribution >= 4 is 5.78 Å². The van der Waals surface area contributed by atoms with Crippen molar-refractivity contribution in [1.29, 1.82) is 0 Å². The SMILES string of the molecule is CCO[C@H]1CC(=O)[C@H]1Cc1ccccc1.